The van der Waals surface area contributed by atoms with E-state index in [4.69, 9.17) is 0 Å². The van der Waals surface area contributed by atoms with E-state index in [0.29, 0.717) is 5.39 Å². The molecule has 0 saturated carbocycles. The zero-order valence-corrected chi connectivity index (χ0v) is 11.2. The topological polar surface area (TPSA) is 45.8 Å². The van der Waals surface area contributed by atoms with Gasteiger partial charge in [-0.25, -0.2) is 5.10 Å². The molecule has 0 saturated heterocycles. The summed E-state index contributed by atoms with van der Waals surface area (Å²) in [5.41, 5.74) is 1.67. The van der Waals surface area contributed by atoms with Gasteiger partial charge in [-0.2, -0.15) is 5.10 Å². The highest BCUT2D eigenvalue weighted by molar-refractivity contribution is 7.98. The number of rotatable bonds is 2. The summed E-state index contributed by atoms with van der Waals surface area (Å²) >= 11 is 1.57. The molecular weight excluding hydrogens is 256 g/mol. The first-order valence-electron chi connectivity index (χ1n) is 5.92. The van der Waals surface area contributed by atoms with Gasteiger partial charge in [0, 0.05) is 15.8 Å². The summed E-state index contributed by atoms with van der Waals surface area (Å²) in [5, 5.41) is 8.40. The molecule has 1 aromatic heterocycles. The van der Waals surface area contributed by atoms with Crippen LogP contribution in [0.5, 0.6) is 0 Å². The van der Waals surface area contributed by atoms with Crippen molar-refractivity contribution in [1.29, 1.82) is 0 Å². The maximum absolute atomic E-state index is 12.0. The second kappa shape index (κ2) is 4.90. The van der Waals surface area contributed by atoms with E-state index in [1.807, 2.05) is 54.8 Å². The van der Waals surface area contributed by atoms with Crippen LogP contribution in [-0.4, -0.2) is 16.5 Å². The van der Waals surface area contributed by atoms with Crippen molar-refractivity contribution >= 4 is 22.5 Å². The molecular formula is C15H12N2OS. The molecule has 0 unspecified atom stereocenters. The number of H-pyrrole nitrogens is 1. The summed E-state index contributed by atoms with van der Waals surface area (Å²) < 4.78 is 0. The van der Waals surface area contributed by atoms with E-state index < -0.39 is 0 Å². The van der Waals surface area contributed by atoms with Crippen LogP contribution < -0.4 is 5.56 Å². The van der Waals surface area contributed by atoms with Crippen LogP contribution in [0.1, 0.15) is 0 Å². The number of hydrogen-bond donors (Lipinski definition) is 1. The Morgan fingerprint density at radius 2 is 1.84 bits per heavy atom. The first kappa shape index (κ1) is 12.0. The van der Waals surface area contributed by atoms with Crippen molar-refractivity contribution in [2.45, 2.75) is 4.90 Å². The molecule has 94 valence electrons. The van der Waals surface area contributed by atoms with Crippen molar-refractivity contribution < 1.29 is 0 Å². The van der Waals surface area contributed by atoms with E-state index in [1.165, 1.54) is 0 Å². The van der Waals surface area contributed by atoms with Crippen LogP contribution in [-0.2, 0) is 0 Å². The van der Waals surface area contributed by atoms with E-state index >= 15 is 0 Å². The summed E-state index contributed by atoms with van der Waals surface area (Å²) in [4.78, 5) is 13.0. The number of nitrogens with one attached hydrogen (secondary N) is 1. The lowest BCUT2D eigenvalue weighted by atomic mass is 10.1. The molecule has 1 N–H and O–H groups in total. The zero-order chi connectivity index (χ0) is 13.2. The number of benzene rings is 2. The van der Waals surface area contributed by atoms with Crippen LogP contribution in [0.2, 0.25) is 0 Å². The molecule has 0 amide bonds. The largest absolute Gasteiger partial charge is 0.273 e. The summed E-state index contributed by atoms with van der Waals surface area (Å²) in [5.74, 6) is 0. The average molecular weight is 268 g/mol. The number of aromatic nitrogens is 2. The average Bonchev–Trinajstić information content (AvgIpc) is 2.48. The van der Waals surface area contributed by atoms with Crippen molar-refractivity contribution in [2.24, 2.45) is 0 Å². The van der Waals surface area contributed by atoms with Gasteiger partial charge < -0.3 is 0 Å². The minimum atomic E-state index is -0.139. The fraction of sp³-hybridized carbons (Fsp3) is 0.0667. The third-order valence-corrected chi connectivity index (χ3v) is 3.82. The van der Waals surface area contributed by atoms with Crippen LogP contribution in [0.4, 0.5) is 0 Å². The smallest absolute Gasteiger partial charge is 0.267 e. The standard InChI is InChI=1S/C15H12N2OS/c1-19-12-9-5-8-11-13(12)15(18)17-16-14(11)10-6-3-2-4-7-10/h2-9H,1H3,(H,17,18). The molecule has 3 aromatic rings. The van der Waals surface area contributed by atoms with Crippen LogP contribution in [0.3, 0.4) is 0 Å². The minimum absolute atomic E-state index is 0.139. The van der Waals surface area contributed by atoms with Crippen molar-refractivity contribution in [1.82, 2.24) is 10.2 Å². The molecule has 0 aliphatic carbocycles. The predicted molar refractivity (Wildman–Crippen MR) is 79.6 cm³/mol. The Balaban J connectivity index is 2.40. The van der Waals surface area contributed by atoms with E-state index in [9.17, 15) is 4.79 Å². The molecule has 3 rings (SSSR count). The van der Waals surface area contributed by atoms with E-state index in [-0.39, 0.29) is 5.56 Å². The molecule has 0 fully saturated rings. The molecule has 0 atom stereocenters. The number of hydrogen-bond acceptors (Lipinski definition) is 3. The lowest BCUT2D eigenvalue weighted by Crippen LogP contribution is -2.10. The number of fused-ring (bicyclic) bond motifs is 1. The van der Waals surface area contributed by atoms with Crippen LogP contribution in [0.25, 0.3) is 22.0 Å². The highest BCUT2D eigenvalue weighted by Crippen LogP contribution is 2.29. The van der Waals surface area contributed by atoms with Gasteiger partial charge in [0.25, 0.3) is 5.56 Å². The maximum Gasteiger partial charge on any atom is 0.273 e. The van der Waals surface area contributed by atoms with Gasteiger partial charge in [-0.3, -0.25) is 4.79 Å². The van der Waals surface area contributed by atoms with Gasteiger partial charge in [-0.05, 0) is 12.3 Å². The van der Waals surface area contributed by atoms with Gasteiger partial charge in [-0.1, -0.05) is 42.5 Å². The molecule has 0 aliphatic rings. The van der Waals surface area contributed by atoms with Crippen molar-refractivity contribution in [3.05, 3.63) is 58.9 Å². The number of nitrogens with zero attached hydrogens (tertiary/aromatic N) is 1. The Morgan fingerprint density at radius 3 is 2.58 bits per heavy atom. The van der Waals surface area contributed by atoms with E-state index in [0.717, 1.165) is 21.5 Å². The molecule has 19 heavy (non-hydrogen) atoms. The number of thioether (sulfide) groups is 1. The second-order valence-corrected chi connectivity index (χ2v) is 5.00. The minimum Gasteiger partial charge on any atom is -0.267 e. The van der Waals surface area contributed by atoms with Gasteiger partial charge in [0.1, 0.15) is 0 Å². The summed E-state index contributed by atoms with van der Waals surface area (Å²) in [6, 6.07) is 15.7. The molecule has 1 heterocycles. The molecule has 0 radical (unpaired) electrons. The Labute approximate surface area is 114 Å². The Hall–Kier alpha value is -2.07. The SMILES string of the molecule is CSc1cccc2c(-c3ccccc3)n[nH]c(=O)c12. The molecule has 2 aromatic carbocycles. The Bertz CT molecular complexity index is 781. The molecule has 0 spiro atoms. The van der Waals surface area contributed by atoms with Crippen molar-refractivity contribution in [3.8, 4) is 11.3 Å². The summed E-state index contributed by atoms with van der Waals surface area (Å²) in [6.45, 7) is 0. The predicted octanol–water partition coefficient (Wildman–Crippen LogP) is 3.31. The normalized spacial score (nSPS) is 10.8. The Morgan fingerprint density at radius 1 is 1.05 bits per heavy atom. The Kier molecular flexibility index (Phi) is 3.09. The molecule has 4 heteroatoms. The van der Waals surface area contributed by atoms with Gasteiger partial charge >= 0.3 is 0 Å². The maximum atomic E-state index is 12.0. The summed E-state index contributed by atoms with van der Waals surface area (Å²) in [6.07, 6.45) is 1.97. The second-order valence-electron chi connectivity index (χ2n) is 4.15. The lowest BCUT2D eigenvalue weighted by Gasteiger charge is -2.07. The van der Waals surface area contributed by atoms with Gasteiger partial charge in [0.2, 0.25) is 0 Å². The number of aromatic amines is 1. The third kappa shape index (κ3) is 2.04. The van der Waals surface area contributed by atoms with Gasteiger partial charge in [0.05, 0.1) is 11.1 Å². The monoisotopic (exact) mass is 268 g/mol. The molecule has 0 bridgehead atoms. The van der Waals surface area contributed by atoms with Gasteiger partial charge in [0.15, 0.2) is 0 Å². The fourth-order valence-electron chi connectivity index (χ4n) is 2.17. The van der Waals surface area contributed by atoms with Crippen molar-refractivity contribution in [2.75, 3.05) is 6.26 Å². The van der Waals surface area contributed by atoms with Crippen molar-refractivity contribution in [3.63, 3.8) is 0 Å². The first-order chi connectivity index (χ1) is 9.31. The van der Waals surface area contributed by atoms with Gasteiger partial charge in [-0.15, -0.1) is 11.8 Å². The van der Waals surface area contributed by atoms with Crippen LogP contribution in [0.15, 0.2) is 58.2 Å². The molecule has 3 nitrogen and oxygen atoms in total. The van der Waals surface area contributed by atoms with E-state index in [1.54, 1.807) is 11.8 Å². The highest BCUT2D eigenvalue weighted by atomic mass is 32.2. The lowest BCUT2D eigenvalue weighted by molar-refractivity contribution is 1.01. The highest BCUT2D eigenvalue weighted by Gasteiger charge is 2.11. The quantitative estimate of drug-likeness (QED) is 0.725. The first-order valence-corrected chi connectivity index (χ1v) is 7.14. The summed E-state index contributed by atoms with van der Waals surface area (Å²) in [7, 11) is 0. The van der Waals surface area contributed by atoms with E-state index in [2.05, 4.69) is 10.2 Å². The van der Waals surface area contributed by atoms with Crippen LogP contribution in [0, 0.1) is 0 Å². The third-order valence-electron chi connectivity index (χ3n) is 3.04. The fourth-order valence-corrected chi connectivity index (χ4v) is 2.79. The van der Waals surface area contributed by atoms with Crippen LogP contribution >= 0.6 is 11.8 Å². The molecule has 0 aliphatic heterocycles. The zero-order valence-electron chi connectivity index (χ0n) is 10.4.